The van der Waals surface area contributed by atoms with Crippen molar-refractivity contribution in [3.8, 4) is 0 Å². The number of halogens is 1. The summed E-state index contributed by atoms with van der Waals surface area (Å²) in [5.41, 5.74) is 0. The van der Waals surface area contributed by atoms with E-state index in [4.69, 9.17) is 0 Å². The Morgan fingerprint density at radius 1 is 1.62 bits per heavy atom. The molecule has 1 rings (SSSR count). The first kappa shape index (κ1) is 12.8. The molecule has 0 aliphatic heterocycles. The molecule has 1 N–H and O–H groups in total. The van der Waals surface area contributed by atoms with Crippen LogP contribution in [0.2, 0.25) is 0 Å². The van der Waals surface area contributed by atoms with Crippen LogP contribution in [0.4, 0.5) is 4.39 Å². The van der Waals surface area contributed by atoms with E-state index in [1.54, 1.807) is 31.2 Å². The monoisotopic (exact) mass is 239 g/mol. The van der Waals surface area contributed by atoms with Gasteiger partial charge in [0, 0.05) is 11.4 Å². The van der Waals surface area contributed by atoms with Gasteiger partial charge in [0.2, 0.25) is 5.91 Å². The van der Waals surface area contributed by atoms with Gasteiger partial charge in [0.25, 0.3) is 0 Å². The normalized spacial score (nSPS) is 11.9. The van der Waals surface area contributed by atoms with Crippen LogP contribution in [-0.4, -0.2) is 17.7 Å². The van der Waals surface area contributed by atoms with Crippen LogP contribution in [0.15, 0.2) is 41.8 Å². The van der Waals surface area contributed by atoms with Crippen LogP contribution in [0.5, 0.6) is 0 Å². The van der Waals surface area contributed by atoms with E-state index in [0.717, 1.165) is 0 Å². The average Bonchev–Trinajstić information content (AvgIpc) is 2.28. The van der Waals surface area contributed by atoms with Crippen molar-refractivity contribution in [1.29, 1.82) is 0 Å². The van der Waals surface area contributed by atoms with Gasteiger partial charge in [-0.1, -0.05) is 18.2 Å². The molecule has 0 saturated carbocycles. The second-order valence-electron chi connectivity index (χ2n) is 3.22. The van der Waals surface area contributed by atoms with Gasteiger partial charge >= 0.3 is 0 Å². The maximum absolute atomic E-state index is 13.3. The Bertz CT molecular complexity index is 381. The van der Waals surface area contributed by atoms with E-state index in [1.165, 1.54) is 17.8 Å². The third-order valence-electron chi connectivity index (χ3n) is 1.93. The summed E-state index contributed by atoms with van der Waals surface area (Å²) >= 11 is 1.21. The molecule has 0 aromatic heterocycles. The van der Waals surface area contributed by atoms with Crippen LogP contribution in [0, 0.1) is 5.82 Å². The van der Waals surface area contributed by atoms with Crippen molar-refractivity contribution in [3.05, 3.63) is 42.7 Å². The molecule has 0 saturated heterocycles. The average molecular weight is 239 g/mol. The van der Waals surface area contributed by atoms with E-state index < -0.39 is 0 Å². The van der Waals surface area contributed by atoms with Crippen molar-refractivity contribution >= 4 is 17.7 Å². The van der Waals surface area contributed by atoms with Gasteiger partial charge in [0.1, 0.15) is 5.82 Å². The smallest absolute Gasteiger partial charge is 0.233 e. The summed E-state index contributed by atoms with van der Waals surface area (Å²) in [6, 6.07) is 6.43. The van der Waals surface area contributed by atoms with Crippen LogP contribution in [0.25, 0.3) is 0 Å². The highest BCUT2D eigenvalue weighted by Crippen LogP contribution is 2.25. The first-order valence-corrected chi connectivity index (χ1v) is 5.83. The summed E-state index contributed by atoms with van der Waals surface area (Å²) in [7, 11) is 0. The molecule has 0 spiro atoms. The van der Waals surface area contributed by atoms with Crippen LogP contribution in [0.1, 0.15) is 6.92 Å². The fraction of sp³-hybridized carbons (Fsp3) is 0.250. The zero-order valence-corrected chi connectivity index (χ0v) is 9.89. The highest BCUT2D eigenvalue weighted by atomic mass is 32.2. The number of carbonyl (C=O) groups is 1. The van der Waals surface area contributed by atoms with Crippen molar-refractivity contribution in [2.45, 2.75) is 17.1 Å². The Kier molecular flexibility index (Phi) is 5.05. The van der Waals surface area contributed by atoms with Crippen molar-refractivity contribution in [3.63, 3.8) is 0 Å². The van der Waals surface area contributed by atoms with Gasteiger partial charge in [0.05, 0.1) is 5.25 Å². The lowest BCUT2D eigenvalue weighted by Gasteiger charge is -2.11. The molecule has 0 aliphatic rings. The Morgan fingerprint density at radius 3 is 2.94 bits per heavy atom. The zero-order chi connectivity index (χ0) is 12.0. The van der Waals surface area contributed by atoms with Gasteiger partial charge in [-0.15, -0.1) is 18.3 Å². The Balaban J connectivity index is 2.57. The highest BCUT2D eigenvalue weighted by Gasteiger charge is 2.14. The fourth-order valence-corrected chi connectivity index (χ4v) is 2.01. The Hall–Kier alpha value is -1.29. The van der Waals surface area contributed by atoms with Crippen molar-refractivity contribution < 1.29 is 9.18 Å². The molecule has 0 bridgehead atoms. The summed E-state index contributed by atoms with van der Waals surface area (Å²) < 4.78 is 13.3. The topological polar surface area (TPSA) is 29.1 Å². The molecular formula is C12H14FNOS. The molecule has 0 radical (unpaired) electrons. The molecule has 0 fully saturated rings. The first-order valence-electron chi connectivity index (χ1n) is 4.95. The SMILES string of the molecule is C=CCNC(=O)C(C)Sc1ccccc1F. The molecule has 86 valence electrons. The van der Waals surface area contributed by atoms with Crippen LogP contribution in [0.3, 0.4) is 0 Å². The van der Waals surface area contributed by atoms with E-state index >= 15 is 0 Å². The minimum atomic E-state index is -0.322. The predicted molar refractivity (Wildman–Crippen MR) is 64.9 cm³/mol. The van der Waals surface area contributed by atoms with E-state index in [0.29, 0.717) is 11.4 Å². The molecule has 1 aromatic rings. The third-order valence-corrected chi connectivity index (χ3v) is 3.08. The quantitative estimate of drug-likeness (QED) is 0.632. The summed E-state index contributed by atoms with van der Waals surface area (Å²) in [5, 5.41) is 2.35. The first-order chi connectivity index (χ1) is 7.65. The van der Waals surface area contributed by atoms with Gasteiger partial charge in [-0.3, -0.25) is 4.79 Å². The van der Waals surface area contributed by atoms with Gasteiger partial charge in [0.15, 0.2) is 0 Å². The fourth-order valence-electron chi connectivity index (χ4n) is 1.10. The van der Waals surface area contributed by atoms with Crippen molar-refractivity contribution in [2.75, 3.05) is 6.54 Å². The zero-order valence-electron chi connectivity index (χ0n) is 9.07. The molecule has 1 unspecified atom stereocenters. The summed E-state index contributed by atoms with van der Waals surface area (Å²) in [5.74, 6) is -0.413. The molecule has 16 heavy (non-hydrogen) atoms. The van der Waals surface area contributed by atoms with Crippen LogP contribution >= 0.6 is 11.8 Å². The molecule has 1 atom stereocenters. The summed E-state index contributed by atoms with van der Waals surface area (Å²) in [6.07, 6.45) is 1.61. The van der Waals surface area contributed by atoms with Crippen molar-refractivity contribution in [2.24, 2.45) is 0 Å². The Morgan fingerprint density at radius 2 is 2.31 bits per heavy atom. The van der Waals surface area contributed by atoms with Gasteiger partial charge in [-0.2, -0.15) is 0 Å². The molecule has 2 nitrogen and oxygen atoms in total. The van der Waals surface area contributed by atoms with Crippen LogP contribution in [-0.2, 0) is 4.79 Å². The highest BCUT2D eigenvalue weighted by molar-refractivity contribution is 8.00. The second-order valence-corrected chi connectivity index (χ2v) is 4.61. The number of rotatable bonds is 5. The van der Waals surface area contributed by atoms with Gasteiger partial charge in [-0.05, 0) is 19.1 Å². The minimum Gasteiger partial charge on any atom is -0.352 e. The molecular weight excluding hydrogens is 225 g/mol. The molecule has 0 heterocycles. The van der Waals surface area contributed by atoms with E-state index in [-0.39, 0.29) is 17.0 Å². The predicted octanol–water partition coefficient (Wildman–Crippen LogP) is 2.61. The number of nitrogens with one attached hydrogen (secondary N) is 1. The lowest BCUT2D eigenvalue weighted by molar-refractivity contribution is -0.120. The standard InChI is InChI=1S/C12H14FNOS/c1-3-8-14-12(15)9(2)16-11-7-5-4-6-10(11)13/h3-7,9H,1,8H2,2H3,(H,14,15). The lowest BCUT2D eigenvalue weighted by atomic mass is 10.3. The maximum atomic E-state index is 13.3. The minimum absolute atomic E-state index is 0.117. The largest absolute Gasteiger partial charge is 0.352 e. The van der Waals surface area contributed by atoms with E-state index in [9.17, 15) is 9.18 Å². The number of benzene rings is 1. The molecule has 1 amide bonds. The summed E-state index contributed by atoms with van der Waals surface area (Å²) in [6.45, 7) is 5.69. The van der Waals surface area contributed by atoms with E-state index in [1.807, 2.05) is 0 Å². The number of hydrogen-bond donors (Lipinski definition) is 1. The molecule has 0 aliphatic carbocycles. The molecule has 4 heteroatoms. The van der Waals surface area contributed by atoms with Gasteiger partial charge < -0.3 is 5.32 Å². The van der Waals surface area contributed by atoms with E-state index in [2.05, 4.69) is 11.9 Å². The Labute approximate surface area is 98.9 Å². The summed E-state index contributed by atoms with van der Waals surface area (Å²) in [4.78, 5) is 12.0. The van der Waals surface area contributed by atoms with Gasteiger partial charge in [-0.25, -0.2) is 4.39 Å². The second kappa shape index (κ2) is 6.33. The molecule has 1 aromatic carbocycles. The number of thioether (sulfide) groups is 1. The number of carbonyl (C=O) groups excluding carboxylic acids is 1. The van der Waals surface area contributed by atoms with Crippen molar-refractivity contribution in [1.82, 2.24) is 5.32 Å². The van der Waals surface area contributed by atoms with Crippen LogP contribution < -0.4 is 5.32 Å². The number of hydrogen-bond acceptors (Lipinski definition) is 2. The third kappa shape index (κ3) is 3.70. The maximum Gasteiger partial charge on any atom is 0.233 e. The lowest BCUT2D eigenvalue weighted by Crippen LogP contribution is -2.30. The number of amides is 1.